The van der Waals surface area contributed by atoms with E-state index in [9.17, 15) is 0 Å². The van der Waals surface area contributed by atoms with Crippen molar-refractivity contribution in [2.24, 2.45) is 0 Å². The summed E-state index contributed by atoms with van der Waals surface area (Å²) in [6.45, 7) is 0. The van der Waals surface area contributed by atoms with Gasteiger partial charge < -0.3 is 4.43 Å². The smallest absolute Gasteiger partial charge is 0.203 e. The second kappa shape index (κ2) is 5.41. The number of hydrogen-bond donors (Lipinski definition) is 0. The first-order valence-corrected chi connectivity index (χ1v) is 5.48. The molecule has 0 aromatic carbocycles. The van der Waals surface area contributed by atoms with Crippen molar-refractivity contribution in [2.45, 2.75) is 44.9 Å². The lowest BCUT2D eigenvalue weighted by Crippen LogP contribution is -1.87. The minimum atomic E-state index is 0.858. The first kappa shape index (κ1) is 8.85. The summed E-state index contributed by atoms with van der Waals surface area (Å²) in [5.74, 6) is 1.26. The maximum Gasteiger partial charge on any atom is 0.203 e. The molecule has 11 heavy (non-hydrogen) atoms. The monoisotopic (exact) mass is 170 g/mol. The topological polar surface area (TPSA) is 9.23 Å². The Balaban J connectivity index is 2.34. The van der Waals surface area contributed by atoms with E-state index >= 15 is 0 Å². The molecule has 0 aliphatic heterocycles. The average molecular weight is 170 g/mol. The third-order valence-electron chi connectivity index (χ3n) is 2.26. The van der Waals surface area contributed by atoms with Gasteiger partial charge in [-0.05, 0) is 25.3 Å². The Hall–Kier alpha value is -0.243. The van der Waals surface area contributed by atoms with Crippen LogP contribution in [0.3, 0.4) is 0 Å². The Morgan fingerprint density at radius 2 is 1.82 bits per heavy atom. The molecular weight excluding hydrogens is 152 g/mol. The molecule has 0 aromatic heterocycles. The molecule has 1 nitrogen and oxygen atoms in total. The summed E-state index contributed by atoms with van der Waals surface area (Å²) in [6, 6.07) is 0. The van der Waals surface area contributed by atoms with Crippen LogP contribution in [-0.4, -0.2) is 10.5 Å². The molecule has 1 rings (SSSR count). The Labute approximate surface area is 72.4 Å². The lowest BCUT2D eigenvalue weighted by molar-refractivity contribution is 0.432. The number of rotatable bonds is 1. The molecule has 0 unspecified atom stereocenters. The van der Waals surface area contributed by atoms with Crippen LogP contribution < -0.4 is 0 Å². The zero-order valence-corrected chi connectivity index (χ0v) is 9.44. The van der Waals surface area contributed by atoms with E-state index in [0.717, 1.165) is 10.5 Å². The molecule has 2 heteroatoms. The fourth-order valence-electron chi connectivity index (χ4n) is 1.52. The molecule has 0 amide bonds. The normalized spacial score (nSPS) is 21.3. The van der Waals surface area contributed by atoms with E-state index in [1.807, 2.05) is 0 Å². The largest absolute Gasteiger partial charge is 0.556 e. The first-order valence-electron chi connectivity index (χ1n) is 4.66. The van der Waals surface area contributed by atoms with E-state index < -0.39 is 0 Å². The summed E-state index contributed by atoms with van der Waals surface area (Å²) in [5.41, 5.74) is 0. The van der Waals surface area contributed by atoms with Gasteiger partial charge in [0.1, 0.15) is 0 Å². The van der Waals surface area contributed by atoms with Crippen molar-refractivity contribution in [1.29, 1.82) is 0 Å². The van der Waals surface area contributed by atoms with Crippen molar-refractivity contribution in [2.75, 3.05) is 0 Å². The van der Waals surface area contributed by atoms with Crippen LogP contribution in [0.15, 0.2) is 11.8 Å². The average Bonchev–Trinajstić information content (AvgIpc) is 2.16. The van der Waals surface area contributed by atoms with E-state index in [-0.39, 0.29) is 0 Å². The second-order valence-electron chi connectivity index (χ2n) is 3.18. The van der Waals surface area contributed by atoms with Crippen molar-refractivity contribution in [1.82, 2.24) is 0 Å². The highest BCUT2D eigenvalue weighted by molar-refractivity contribution is 5.98. The van der Waals surface area contributed by atoms with Crippen molar-refractivity contribution in [3.05, 3.63) is 11.8 Å². The quantitative estimate of drug-likeness (QED) is 0.546. The predicted octanol–water partition coefficient (Wildman–Crippen LogP) is 1.91. The van der Waals surface area contributed by atoms with Crippen LogP contribution in [0.25, 0.3) is 0 Å². The molecule has 0 aromatic rings. The van der Waals surface area contributed by atoms with Crippen LogP contribution in [-0.2, 0) is 4.43 Å². The molecule has 1 aliphatic rings. The molecule has 0 N–H and O–H groups in total. The Morgan fingerprint density at radius 1 is 1.09 bits per heavy atom. The van der Waals surface area contributed by atoms with Crippen LogP contribution in [0.1, 0.15) is 44.9 Å². The highest BCUT2D eigenvalue weighted by atomic mass is 28.2. The van der Waals surface area contributed by atoms with Crippen LogP contribution in [0, 0.1) is 0 Å². The van der Waals surface area contributed by atoms with Gasteiger partial charge in [0, 0.05) is 6.42 Å². The van der Waals surface area contributed by atoms with E-state index in [2.05, 4.69) is 6.08 Å². The van der Waals surface area contributed by atoms with Crippen LogP contribution >= 0.6 is 0 Å². The summed E-state index contributed by atoms with van der Waals surface area (Å²) < 4.78 is 5.38. The van der Waals surface area contributed by atoms with Crippen molar-refractivity contribution in [3.63, 3.8) is 0 Å². The third kappa shape index (κ3) is 3.61. The van der Waals surface area contributed by atoms with Gasteiger partial charge in [-0.2, -0.15) is 0 Å². The molecule has 0 atom stereocenters. The predicted molar refractivity (Wildman–Crippen MR) is 51.4 cm³/mol. The van der Waals surface area contributed by atoms with E-state index in [0.29, 0.717) is 0 Å². The maximum absolute atomic E-state index is 5.38. The molecule has 0 heterocycles. The summed E-state index contributed by atoms with van der Waals surface area (Å²) in [4.78, 5) is 0. The summed E-state index contributed by atoms with van der Waals surface area (Å²) in [6.07, 6.45) is 11.6. The summed E-state index contributed by atoms with van der Waals surface area (Å²) >= 11 is 0. The van der Waals surface area contributed by atoms with E-state index in [4.69, 9.17) is 4.43 Å². The highest BCUT2D eigenvalue weighted by Gasteiger charge is 1.99. The lowest BCUT2D eigenvalue weighted by Gasteiger charge is -2.04. The molecule has 0 radical (unpaired) electrons. The Kier molecular flexibility index (Phi) is 4.35. The van der Waals surface area contributed by atoms with Gasteiger partial charge in [0.15, 0.2) is 0 Å². The Bertz CT molecular complexity index is 132. The van der Waals surface area contributed by atoms with Gasteiger partial charge in [0.05, 0.1) is 5.76 Å². The molecule has 64 valence electrons. The minimum Gasteiger partial charge on any atom is -0.556 e. The van der Waals surface area contributed by atoms with Gasteiger partial charge in [-0.25, -0.2) is 0 Å². The van der Waals surface area contributed by atoms with Gasteiger partial charge >= 0.3 is 0 Å². The van der Waals surface area contributed by atoms with Gasteiger partial charge in [-0.1, -0.05) is 19.3 Å². The van der Waals surface area contributed by atoms with Crippen molar-refractivity contribution < 1.29 is 4.43 Å². The molecule has 0 bridgehead atoms. The standard InChI is InChI=1S/C9H18OSi/c11-10-9-7-5-3-1-2-4-6-8-9/h7H,1-6,8H2,11H3. The molecule has 1 aliphatic carbocycles. The molecule has 0 saturated carbocycles. The van der Waals surface area contributed by atoms with Crippen LogP contribution in [0.2, 0.25) is 0 Å². The maximum atomic E-state index is 5.38. The van der Waals surface area contributed by atoms with Gasteiger partial charge in [0.2, 0.25) is 10.5 Å². The van der Waals surface area contributed by atoms with Gasteiger partial charge in [0.25, 0.3) is 0 Å². The van der Waals surface area contributed by atoms with Crippen LogP contribution in [0.5, 0.6) is 0 Å². The fourth-order valence-corrected chi connectivity index (χ4v) is 1.90. The number of hydrogen-bond acceptors (Lipinski definition) is 1. The second-order valence-corrected chi connectivity index (χ2v) is 3.59. The summed E-state index contributed by atoms with van der Waals surface area (Å²) in [7, 11) is 0.858. The molecule has 0 saturated heterocycles. The zero-order chi connectivity index (χ0) is 7.94. The van der Waals surface area contributed by atoms with Gasteiger partial charge in [-0.15, -0.1) is 0 Å². The zero-order valence-electron chi connectivity index (χ0n) is 7.44. The van der Waals surface area contributed by atoms with E-state index in [1.54, 1.807) is 0 Å². The van der Waals surface area contributed by atoms with Crippen molar-refractivity contribution >= 4 is 10.5 Å². The first-order chi connectivity index (χ1) is 5.43. The fraction of sp³-hybridized carbons (Fsp3) is 0.778. The number of allylic oxidation sites excluding steroid dienone is 2. The molecular formula is C9H18OSi. The molecule has 0 spiro atoms. The van der Waals surface area contributed by atoms with Gasteiger partial charge in [-0.3, -0.25) is 0 Å². The summed E-state index contributed by atoms with van der Waals surface area (Å²) in [5, 5.41) is 0. The van der Waals surface area contributed by atoms with Crippen LogP contribution in [0.4, 0.5) is 0 Å². The minimum absolute atomic E-state index is 0.858. The van der Waals surface area contributed by atoms with E-state index in [1.165, 1.54) is 50.7 Å². The Morgan fingerprint density at radius 3 is 2.64 bits per heavy atom. The lowest BCUT2D eigenvalue weighted by atomic mass is 10.1. The molecule has 0 fully saturated rings. The SMILES string of the molecule is [SiH3]OC1=CCCCCCCC1. The van der Waals surface area contributed by atoms with Crippen molar-refractivity contribution in [3.8, 4) is 0 Å². The highest BCUT2D eigenvalue weighted by Crippen LogP contribution is 2.16. The third-order valence-corrected chi connectivity index (χ3v) is 2.79.